The number of thioether (sulfide) groups is 1. The SMILES string of the molecule is O=C(O)c1ccc(/C=C2\SC(=Nc3cccnc3Cl)N(c3ccccc3)C2=O)cc1. The number of amidine groups is 1. The number of hydrogen-bond acceptors (Lipinski definition) is 5. The lowest BCUT2D eigenvalue weighted by molar-refractivity contribution is -0.113. The molecule has 0 radical (unpaired) electrons. The molecule has 0 saturated carbocycles. The van der Waals surface area contributed by atoms with E-state index in [1.165, 1.54) is 28.8 Å². The molecule has 0 aliphatic carbocycles. The van der Waals surface area contributed by atoms with Crippen LogP contribution in [0.2, 0.25) is 5.15 Å². The number of aliphatic imine (C=N–C) groups is 1. The summed E-state index contributed by atoms with van der Waals surface area (Å²) in [5.74, 6) is -1.23. The van der Waals surface area contributed by atoms with E-state index in [9.17, 15) is 9.59 Å². The number of carboxylic acids is 1. The van der Waals surface area contributed by atoms with Crippen LogP contribution in [0.25, 0.3) is 6.08 Å². The zero-order valence-corrected chi connectivity index (χ0v) is 17.0. The first-order valence-electron chi connectivity index (χ1n) is 8.84. The number of aromatic nitrogens is 1. The normalized spacial score (nSPS) is 16.4. The molecule has 0 bridgehead atoms. The van der Waals surface area contributed by atoms with Gasteiger partial charge in [0.25, 0.3) is 5.91 Å². The Hall–Kier alpha value is -3.42. The molecule has 1 saturated heterocycles. The highest BCUT2D eigenvalue weighted by Crippen LogP contribution is 2.38. The number of amides is 1. The topological polar surface area (TPSA) is 82.9 Å². The number of hydrogen-bond donors (Lipinski definition) is 1. The fourth-order valence-corrected chi connectivity index (χ4v) is 3.95. The minimum atomic E-state index is -1.00. The van der Waals surface area contributed by atoms with Crippen LogP contribution in [0.15, 0.2) is 82.8 Å². The molecule has 1 aliphatic rings. The Balaban J connectivity index is 1.75. The van der Waals surface area contributed by atoms with Crippen LogP contribution in [-0.2, 0) is 4.79 Å². The van der Waals surface area contributed by atoms with Gasteiger partial charge in [-0.15, -0.1) is 0 Å². The zero-order valence-electron chi connectivity index (χ0n) is 15.4. The highest BCUT2D eigenvalue weighted by atomic mass is 35.5. The van der Waals surface area contributed by atoms with E-state index < -0.39 is 5.97 Å². The molecule has 1 N–H and O–H groups in total. The van der Waals surface area contributed by atoms with Gasteiger partial charge >= 0.3 is 5.97 Å². The molecule has 148 valence electrons. The molecule has 0 spiro atoms. The molecule has 8 heteroatoms. The zero-order chi connectivity index (χ0) is 21.1. The van der Waals surface area contributed by atoms with Crippen molar-refractivity contribution in [2.75, 3.05) is 4.90 Å². The second-order valence-electron chi connectivity index (χ2n) is 6.22. The molecule has 3 aromatic rings. The predicted octanol–water partition coefficient (Wildman–Crippen LogP) is 5.24. The van der Waals surface area contributed by atoms with Gasteiger partial charge in [-0.3, -0.25) is 9.69 Å². The van der Waals surface area contributed by atoms with Gasteiger partial charge in [0, 0.05) is 6.20 Å². The third-order valence-electron chi connectivity index (χ3n) is 4.23. The fraction of sp³-hybridized carbons (Fsp3) is 0. The summed E-state index contributed by atoms with van der Waals surface area (Å²) in [5, 5.41) is 9.74. The summed E-state index contributed by atoms with van der Waals surface area (Å²) in [5.41, 5.74) is 2.03. The number of aromatic carboxylic acids is 1. The molecule has 4 rings (SSSR count). The third-order valence-corrected chi connectivity index (χ3v) is 5.49. The minimum Gasteiger partial charge on any atom is -0.478 e. The van der Waals surface area contributed by atoms with Gasteiger partial charge in [0.2, 0.25) is 0 Å². The third kappa shape index (κ3) is 4.12. The largest absolute Gasteiger partial charge is 0.478 e. The van der Waals surface area contributed by atoms with Crippen molar-refractivity contribution >= 4 is 57.9 Å². The van der Waals surface area contributed by atoms with Gasteiger partial charge in [0.05, 0.1) is 16.2 Å². The van der Waals surface area contributed by atoms with Crippen molar-refractivity contribution in [2.45, 2.75) is 0 Å². The molecule has 2 aromatic carbocycles. The van der Waals surface area contributed by atoms with E-state index in [1.807, 2.05) is 30.3 Å². The predicted molar refractivity (Wildman–Crippen MR) is 119 cm³/mol. The first-order valence-corrected chi connectivity index (χ1v) is 10.0. The van der Waals surface area contributed by atoms with Crippen LogP contribution in [-0.4, -0.2) is 27.1 Å². The smallest absolute Gasteiger partial charge is 0.335 e. The summed E-state index contributed by atoms with van der Waals surface area (Å²) >= 11 is 7.36. The summed E-state index contributed by atoms with van der Waals surface area (Å²) in [6.07, 6.45) is 3.28. The lowest BCUT2D eigenvalue weighted by Crippen LogP contribution is -2.28. The first kappa shape index (κ1) is 19.9. The molecule has 6 nitrogen and oxygen atoms in total. The number of halogens is 1. The van der Waals surface area contributed by atoms with Gasteiger partial charge in [-0.25, -0.2) is 14.8 Å². The van der Waals surface area contributed by atoms with E-state index in [0.717, 1.165) is 0 Å². The monoisotopic (exact) mass is 435 g/mol. The molecule has 1 aromatic heterocycles. The van der Waals surface area contributed by atoms with Gasteiger partial charge in [0.1, 0.15) is 5.69 Å². The second kappa shape index (κ2) is 8.52. The molecular weight excluding hydrogens is 422 g/mol. The number of carbonyl (C=O) groups excluding carboxylic acids is 1. The van der Waals surface area contributed by atoms with Crippen molar-refractivity contribution in [1.29, 1.82) is 0 Å². The van der Waals surface area contributed by atoms with Gasteiger partial charge in [-0.1, -0.05) is 41.9 Å². The fourth-order valence-electron chi connectivity index (χ4n) is 2.79. The summed E-state index contributed by atoms with van der Waals surface area (Å²) < 4.78 is 0. The molecule has 30 heavy (non-hydrogen) atoms. The number of nitrogens with zero attached hydrogens (tertiary/aromatic N) is 3. The van der Waals surface area contributed by atoms with Crippen LogP contribution >= 0.6 is 23.4 Å². The van der Waals surface area contributed by atoms with Gasteiger partial charge < -0.3 is 5.11 Å². The lowest BCUT2D eigenvalue weighted by atomic mass is 10.1. The highest BCUT2D eigenvalue weighted by Gasteiger charge is 2.34. The van der Waals surface area contributed by atoms with Gasteiger partial charge in [-0.2, -0.15) is 0 Å². The molecule has 0 unspecified atom stereocenters. The summed E-state index contributed by atoms with van der Waals surface area (Å²) in [6.45, 7) is 0. The summed E-state index contributed by atoms with van der Waals surface area (Å²) in [6, 6.07) is 19.0. The van der Waals surface area contributed by atoms with Crippen molar-refractivity contribution in [2.24, 2.45) is 4.99 Å². The van der Waals surface area contributed by atoms with Gasteiger partial charge in [-0.05, 0) is 59.8 Å². The van der Waals surface area contributed by atoms with Crippen molar-refractivity contribution in [1.82, 2.24) is 4.98 Å². The number of carbonyl (C=O) groups is 2. The number of rotatable bonds is 4. The number of carboxylic acid groups (broad SMARTS) is 1. The Morgan fingerprint density at radius 3 is 2.47 bits per heavy atom. The number of pyridine rings is 1. The Labute approximate surface area is 181 Å². The highest BCUT2D eigenvalue weighted by molar-refractivity contribution is 8.19. The molecule has 1 amide bonds. The van der Waals surface area contributed by atoms with Crippen molar-refractivity contribution < 1.29 is 14.7 Å². The number of anilines is 1. The van der Waals surface area contributed by atoms with E-state index in [0.29, 0.717) is 27.0 Å². The molecular formula is C22H14ClN3O3S. The quantitative estimate of drug-likeness (QED) is 0.447. The van der Waals surface area contributed by atoms with E-state index in [4.69, 9.17) is 16.7 Å². The molecule has 0 atom stereocenters. The molecule has 1 aliphatic heterocycles. The number of para-hydroxylation sites is 1. The average Bonchev–Trinajstić information content (AvgIpc) is 3.05. The maximum Gasteiger partial charge on any atom is 0.335 e. The maximum absolute atomic E-state index is 13.2. The van der Waals surface area contributed by atoms with Crippen LogP contribution < -0.4 is 4.90 Å². The Bertz CT molecular complexity index is 1180. The van der Waals surface area contributed by atoms with Crippen molar-refractivity contribution in [3.63, 3.8) is 0 Å². The van der Waals surface area contributed by atoms with Crippen LogP contribution in [0.4, 0.5) is 11.4 Å². The molecule has 2 heterocycles. The minimum absolute atomic E-state index is 0.182. The maximum atomic E-state index is 13.2. The standard InChI is InChI=1S/C22H14ClN3O3S/c23-19-17(7-4-12-24-19)25-22-26(16-5-2-1-3-6-16)20(27)18(30-22)13-14-8-10-15(11-9-14)21(28)29/h1-13H,(H,28,29)/b18-13-,25-22?. The summed E-state index contributed by atoms with van der Waals surface area (Å²) in [7, 11) is 0. The van der Waals surface area contributed by atoms with Crippen LogP contribution in [0, 0.1) is 0 Å². The van der Waals surface area contributed by atoms with Crippen LogP contribution in [0.3, 0.4) is 0 Å². The number of benzene rings is 2. The van der Waals surface area contributed by atoms with E-state index in [2.05, 4.69) is 9.98 Å². The van der Waals surface area contributed by atoms with Crippen molar-refractivity contribution in [3.8, 4) is 0 Å². The van der Waals surface area contributed by atoms with E-state index >= 15 is 0 Å². The Morgan fingerprint density at radius 2 is 1.80 bits per heavy atom. The Kier molecular flexibility index (Phi) is 5.65. The van der Waals surface area contributed by atoms with Crippen LogP contribution in [0.5, 0.6) is 0 Å². The van der Waals surface area contributed by atoms with Crippen LogP contribution in [0.1, 0.15) is 15.9 Å². The second-order valence-corrected chi connectivity index (χ2v) is 7.59. The van der Waals surface area contributed by atoms with Crippen molar-refractivity contribution in [3.05, 3.63) is 94.1 Å². The van der Waals surface area contributed by atoms with Gasteiger partial charge in [0.15, 0.2) is 10.3 Å². The summed E-state index contributed by atoms with van der Waals surface area (Å²) in [4.78, 5) is 34.8. The first-order chi connectivity index (χ1) is 14.5. The van der Waals surface area contributed by atoms with E-state index in [1.54, 1.807) is 36.5 Å². The lowest BCUT2D eigenvalue weighted by Gasteiger charge is -2.15. The Morgan fingerprint density at radius 1 is 1.07 bits per heavy atom. The average molecular weight is 436 g/mol. The molecule has 1 fully saturated rings. The van der Waals surface area contributed by atoms with E-state index in [-0.39, 0.29) is 16.6 Å².